The van der Waals surface area contributed by atoms with E-state index in [0.29, 0.717) is 22.0 Å². The summed E-state index contributed by atoms with van der Waals surface area (Å²) in [5, 5.41) is 3.33. The van der Waals surface area contributed by atoms with Crippen molar-refractivity contribution >= 4 is 38.9 Å². The first kappa shape index (κ1) is 18.9. The van der Waals surface area contributed by atoms with E-state index in [1.165, 1.54) is 24.3 Å². The normalized spacial score (nSPS) is 11.0. The van der Waals surface area contributed by atoms with Gasteiger partial charge in [0, 0.05) is 22.0 Å². The highest BCUT2D eigenvalue weighted by molar-refractivity contribution is 7.92. The summed E-state index contributed by atoms with van der Waals surface area (Å²) >= 11 is 6.06. The smallest absolute Gasteiger partial charge is 0.261 e. The Bertz CT molecular complexity index is 1070. The molecule has 0 aliphatic carbocycles. The third-order valence-corrected chi connectivity index (χ3v) is 5.69. The molecular weight excluding hydrogens is 384 g/mol. The van der Waals surface area contributed by atoms with Crippen molar-refractivity contribution in [2.45, 2.75) is 11.8 Å². The number of carbonyl (C=O) groups is 1. The molecule has 0 aromatic heterocycles. The van der Waals surface area contributed by atoms with E-state index in [0.717, 1.165) is 5.56 Å². The van der Waals surface area contributed by atoms with Crippen LogP contribution in [0, 0.1) is 6.92 Å². The zero-order valence-electron chi connectivity index (χ0n) is 14.4. The van der Waals surface area contributed by atoms with Crippen LogP contribution in [-0.4, -0.2) is 14.3 Å². The molecule has 7 heteroatoms. The van der Waals surface area contributed by atoms with Gasteiger partial charge in [-0.05, 0) is 61.0 Å². The zero-order chi connectivity index (χ0) is 19.4. The number of rotatable bonds is 5. The number of hydrogen-bond donors (Lipinski definition) is 2. The highest BCUT2D eigenvalue weighted by Gasteiger charge is 2.14. The first-order chi connectivity index (χ1) is 12.8. The number of sulfonamides is 1. The largest absolute Gasteiger partial charge is 0.322 e. The van der Waals surface area contributed by atoms with E-state index < -0.39 is 10.0 Å². The Labute approximate surface area is 163 Å². The fourth-order valence-electron chi connectivity index (χ4n) is 2.38. The van der Waals surface area contributed by atoms with E-state index in [4.69, 9.17) is 11.6 Å². The maximum atomic E-state index is 12.3. The summed E-state index contributed by atoms with van der Waals surface area (Å²) < 4.78 is 27.1. The minimum Gasteiger partial charge on any atom is -0.322 e. The summed E-state index contributed by atoms with van der Waals surface area (Å²) in [5.41, 5.74) is 2.28. The fourth-order valence-corrected chi connectivity index (χ4v) is 3.64. The third kappa shape index (κ3) is 4.67. The quantitative estimate of drug-likeness (QED) is 0.651. The number of anilines is 2. The Hall–Kier alpha value is -2.83. The molecule has 3 rings (SSSR count). The number of halogens is 1. The molecule has 0 unspecified atom stereocenters. The molecule has 2 N–H and O–H groups in total. The topological polar surface area (TPSA) is 75.3 Å². The predicted molar refractivity (Wildman–Crippen MR) is 108 cm³/mol. The molecule has 0 heterocycles. The molecule has 0 saturated carbocycles. The number of amides is 1. The Balaban J connectivity index is 1.71. The summed E-state index contributed by atoms with van der Waals surface area (Å²) in [5.74, 6) is -0.313. The van der Waals surface area contributed by atoms with Gasteiger partial charge in [0.25, 0.3) is 15.9 Å². The third-order valence-electron chi connectivity index (χ3n) is 3.88. The van der Waals surface area contributed by atoms with Crippen molar-refractivity contribution in [2.24, 2.45) is 0 Å². The first-order valence-electron chi connectivity index (χ1n) is 8.10. The second-order valence-electron chi connectivity index (χ2n) is 5.91. The molecule has 0 fully saturated rings. The lowest BCUT2D eigenvalue weighted by Crippen LogP contribution is -2.14. The van der Waals surface area contributed by atoms with Crippen molar-refractivity contribution in [1.29, 1.82) is 0 Å². The van der Waals surface area contributed by atoms with Gasteiger partial charge in [0.15, 0.2) is 0 Å². The van der Waals surface area contributed by atoms with Crippen LogP contribution in [0.3, 0.4) is 0 Å². The lowest BCUT2D eigenvalue weighted by atomic mass is 10.2. The number of nitrogens with one attached hydrogen (secondary N) is 2. The highest BCUT2D eigenvalue weighted by atomic mass is 35.5. The maximum absolute atomic E-state index is 12.3. The van der Waals surface area contributed by atoms with Gasteiger partial charge in [-0.2, -0.15) is 0 Å². The number of benzene rings is 3. The molecule has 0 saturated heterocycles. The van der Waals surface area contributed by atoms with Gasteiger partial charge < -0.3 is 5.32 Å². The van der Waals surface area contributed by atoms with E-state index >= 15 is 0 Å². The van der Waals surface area contributed by atoms with E-state index in [9.17, 15) is 13.2 Å². The average molecular weight is 401 g/mol. The van der Waals surface area contributed by atoms with Crippen molar-refractivity contribution in [3.63, 3.8) is 0 Å². The lowest BCUT2D eigenvalue weighted by molar-refractivity contribution is 0.102. The van der Waals surface area contributed by atoms with Crippen LogP contribution in [0.2, 0.25) is 5.02 Å². The second kappa shape index (κ2) is 7.82. The van der Waals surface area contributed by atoms with Gasteiger partial charge in [0.05, 0.1) is 4.90 Å². The van der Waals surface area contributed by atoms with Crippen LogP contribution < -0.4 is 10.0 Å². The fraction of sp³-hybridized carbons (Fsp3) is 0.0500. The van der Waals surface area contributed by atoms with Crippen molar-refractivity contribution in [2.75, 3.05) is 10.0 Å². The Morgan fingerprint density at radius 1 is 0.889 bits per heavy atom. The van der Waals surface area contributed by atoms with Crippen LogP contribution in [0.1, 0.15) is 15.9 Å². The molecule has 3 aromatic rings. The Morgan fingerprint density at radius 3 is 2.15 bits per heavy atom. The summed E-state index contributed by atoms with van der Waals surface area (Å²) in [6.45, 7) is 1.88. The van der Waals surface area contributed by atoms with Gasteiger partial charge in [-0.15, -0.1) is 0 Å². The van der Waals surface area contributed by atoms with Crippen LogP contribution in [0.4, 0.5) is 11.4 Å². The Morgan fingerprint density at radius 2 is 1.52 bits per heavy atom. The van der Waals surface area contributed by atoms with E-state index in [2.05, 4.69) is 10.0 Å². The molecule has 0 spiro atoms. The average Bonchev–Trinajstić information content (AvgIpc) is 2.66. The summed E-state index contributed by atoms with van der Waals surface area (Å²) in [4.78, 5) is 12.5. The monoisotopic (exact) mass is 400 g/mol. The summed E-state index contributed by atoms with van der Waals surface area (Å²) in [6, 6.07) is 19.5. The zero-order valence-corrected chi connectivity index (χ0v) is 16.0. The van der Waals surface area contributed by atoms with Gasteiger partial charge in [-0.1, -0.05) is 35.9 Å². The second-order valence-corrected chi connectivity index (χ2v) is 8.00. The molecule has 0 atom stereocenters. The molecule has 0 bridgehead atoms. The van der Waals surface area contributed by atoms with E-state index in [-0.39, 0.29) is 10.8 Å². The molecule has 1 amide bonds. The summed E-state index contributed by atoms with van der Waals surface area (Å²) in [7, 11) is -3.67. The van der Waals surface area contributed by atoms with Crippen LogP contribution in [0.15, 0.2) is 77.7 Å². The van der Waals surface area contributed by atoms with E-state index in [1.54, 1.807) is 42.5 Å². The molecule has 3 aromatic carbocycles. The lowest BCUT2D eigenvalue weighted by Gasteiger charge is -2.10. The molecule has 0 radical (unpaired) electrons. The number of aryl methyl sites for hydroxylation is 1. The van der Waals surface area contributed by atoms with Crippen molar-refractivity contribution in [3.05, 3.63) is 88.9 Å². The van der Waals surface area contributed by atoms with Crippen LogP contribution >= 0.6 is 11.6 Å². The Kier molecular flexibility index (Phi) is 5.48. The van der Waals surface area contributed by atoms with Gasteiger partial charge in [0.2, 0.25) is 0 Å². The van der Waals surface area contributed by atoms with Crippen molar-refractivity contribution < 1.29 is 13.2 Å². The van der Waals surface area contributed by atoms with Gasteiger partial charge in [-0.25, -0.2) is 8.42 Å². The summed E-state index contributed by atoms with van der Waals surface area (Å²) in [6.07, 6.45) is 0. The van der Waals surface area contributed by atoms with Crippen LogP contribution in [0.25, 0.3) is 0 Å². The van der Waals surface area contributed by atoms with Crippen molar-refractivity contribution in [1.82, 2.24) is 0 Å². The van der Waals surface area contributed by atoms with Crippen molar-refractivity contribution in [3.8, 4) is 0 Å². The predicted octanol–water partition coefficient (Wildman–Crippen LogP) is 4.70. The maximum Gasteiger partial charge on any atom is 0.261 e. The highest BCUT2D eigenvalue weighted by Crippen LogP contribution is 2.21. The van der Waals surface area contributed by atoms with Crippen LogP contribution in [-0.2, 0) is 10.0 Å². The molecule has 27 heavy (non-hydrogen) atoms. The van der Waals surface area contributed by atoms with E-state index in [1.807, 2.05) is 13.0 Å². The van der Waals surface area contributed by atoms with Gasteiger partial charge in [-0.3, -0.25) is 9.52 Å². The standard InChI is InChI=1S/C20H17ClN2O3S/c1-14-7-10-17(13-19(14)21)22-20(24)15-8-11-16(12-9-15)23-27(25,26)18-5-3-2-4-6-18/h2-13,23H,1H3,(H,22,24). The molecular formula is C20H17ClN2O3S. The molecule has 5 nitrogen and oxygen atoms in total. The van der Waals surface area contributed by atoms with Crippen LogP contribution in [0.5, 0.6) is 0 Å². The minimum atomic E-state index is -3.67. The van der Waals surface area contributed by atoms with Gasteiger partial charge >= 0.3 is 0 Å². The minimum absolute atomic E-state index is 0.170. The first-order valence-corrected chi connectivity index (χ1v) is 9.97. The number of hydrogen-bond acceptors (Lipinski definition) is 3. The SMILES string of the molecule is Cc1ccc(NC(=O)c2ccc(NS(=O)(=O)c3ccccc3)cc2)cc1Cl. The molecule has 0 aliphatic heterocycles. The number of carbonyl (C=O) groups excluding carboxylic acids is 1. The molecule has 138 valence electrons. The molecule has 0 aliphatic rings. The van der Waals surface area contributed by atoms with Gasteiger partial charge in [0.1, 0.15) is 0 Å².